The number of nitrogens with one attached hydrogen (secondary N) is 1. The van der Waals surface area contributed by atoms with Gasteiger partial charge in [-0.05, 0) is 25.0 Å². The van der Waals surface area contributed by atoms with Gasteiger partial charge in [-0.3, -0.25) is 4.79 Å². The maximum absolute atomic E-state index is 13.4. The fourth-order valence-corrected chi connectivity index (χ4v) is 1.82. The van der Waals surface area contributed by atoms with Gasteiger partial charge in [0.2, 0.25) is 0 Å². The predicted molar refractivity (Wildman–Crippen MR) is 68.8 cm³/mol. The van der Waals surface area contributed by atoms with Crippen LogP contribution in [0.3, 0.4) is 0 Å². The number of carbonyl (C=O) groups is 1. The molecule has 5 heteroatoms. The van der Waals surface area contributed by atoms with Crippen molar-refractivity contribution >= 4 is 5.91 Å². The molecule has 106 valence electrons. The Hall–Kier alpha value is -1.49. The summed E-state index contributed by atoms with van der Waals surface area (Å²) in [5, 5.41) is 12.0. The second-order valence-electron chi connectivity index (χ2n) is 4.67. The van der Waals surface area contributed by atoms with Crippen LogP contribution < -0.4 is 5.32 Å². The van der Waals surface area contributed by atoms with E-state index in [1.54, 1.807) is 0 Å². The molecule has 0 aliphatic heterocycles. The van der Waals surface area contributed by atoms with E-state index in [4.69, 9.17) is 0 Å². The number of aliphatic hydroxyl groups is 1. The van der Waals surface area contributed by atoms with E-state index in [0.717, 1.165) is 12.1 Å². The first-order valence-electron chi connectivity index (χ1n) is 6.32. The summed E-state index contributed by atoms with van der Waals surface area (Å²) < 4.78 is 26.2. The summed E-state index contributed by atoms with van der Waals surface area (Å²) in [6.07, 6.45) is 1.40. The number of benzene rings is 1. The highest BCUT2D eigenvalue weighted by Gasteiger charge is 2.26. The molecule has 2 N–H and O–H groups in total. The van der Waals surface area contributed by atoms with E-state index in [1.165, 1.54) is 0 Å². The van der Waals surface area contributed by atoms with Crippen LogP contribution in [-0.4, -0.2) is 24.2 Å². The second kappa shape index (κ2) is 6.61. The molecule has 0 spiro atoms. The van der Waals surface area contributed by atoms with Crippen LogP contribution in [0.2, 0.25) is 0 Å². The Bertz CT molecular complexity index is 437. The first-order valence-corrected chi connectivity index (χ1v) is 6.32. The van der Waals surface area contributed by atoms with Crippen LogP contribution in [0.1, 0.15) is 37.0 Å². The number of amides is 1. The quantitative estimate of drug-likeness (QED) is 0.835. The van der Waals surface area contributed by atoms with Crippen LogP contribution in [0.25, 0.3) is 0 Å². The van der Waals surface area contributed by atoms with E-state index in [2.05, 4.69) is 5.32 Å². The van der Waals surface area contributed by atoms with Crippen molar-refractivity contribution in [2.24, 2.45) is 5.41 Å². The van der Waals surface area contributed by atoms with Crippen LogP contribution in [-0.2, 0) is 0 Å². The molecule has 0 atom stereocenters. The van der Waals surface area contributed by atoms with Crippen LogP contribution >= 0.6 is 0 Å². The molecule has 0 saturated carbocycles. The van der Waals surface area contributed by atoms with Gasteiger partial charge in [0.15, 0.2) is 0 Å². The zero-order chi connectivity index (χ0) is 14.5. The summed E-state index contributed by atoms with van der Waals surface area (Å²) in [5.74, 6) is -2.21. The van der Waals surface area contributed by atoms with E-state index >= 15 is 0 Å². The summed E-state index contributed by atoms with van der Waals surface area (Å²) in [6.45, 7) is 4.05. The Morgan fingerprint density at radius 1 is 1.32 bits per heavy atom. The van der Waals surface area contributed by atoms with Crippen molar-refractivity contribution in [2.45, 2.75) is 26.7 Å². The van der Waals surface area contributed by atoms with Gasteiger partial charge in [-0.15, -0.1) is 0 Å². The third kappa shape index (κ3) is 3.73. The molecule has 1 aromatic rings. The van der Waals surface area contributed by atoms with Crippen LogP contribution in [0.15, 0.2) is 18.2 Å². The molecule has 0 aromatic heterocycles. The zero-order valence-electron chi connectivity index (χ0n) is 11.2. The number of halogens is 2. The maximum Gasteiger partial charge on any atom is 0.254 e. The fourth-order valence-electron chi connectivity index (χ4n) is 1.82. The van der Waals surface area contributed by atoms with Crippen molar-refractivity contribution in [1.29, 1.82) is 0 Å². The normalized spacial score (nSPS) is 11.4. The molecular formula is C14H19F2NO2. The average Bonchev–Trinajstić information content (AvgIpc) is 2.40. The monoisotopic (exact) mass is 271 g/mol. The molecule has 1 aromatic carbocycles. The summed E-state index contributed by atoms with van der Waals surface area (Å²) in [4.78, 5) is 11.8. The smallest absolute Gasteiger partial charge is 0.254 e. The molecule has 0 unspecified atom stereocenters. The summed E-state index contributed by atoms with van der Waals surface area (Å²) >= 11 is 0. The molecule has 1 rings (SSSR count). The van der Waals surface area contributed by atoms with Gasteiger partial charge in [0.1, 0.15) is 11.6 Å². The summed E-state index contributed by atoms with van der Waals surface area (Å²) in [7, 11) is 0. The number of aliphatic hydroxyl groups excluding tert-OH is 1. The lowest BCUT2D eigenvalue weighted by molar-refractivity contribution is 0.0847. The van der Waals surface area contributed by atoms with E-state index < -0.39 is 23.0 Å². The third-order valence-electron chi connectivity index (χ3n) is 3.64. The molecule has 19 heavy (non-hydrogen) atoms. The minimum atomic E-state index is -0.889. The Balaban J connectivity index is 2.75. The lowest BCUT2D eigenvalue weighted by Gasteiger charge is -2.29. The first-order chi connectivity index (χ1) is 8.98. The molecule has 1 amide bonds. The standard InChI is InChI=1S/C14H19F2NO2/c1-3-14(4-2,9-18)8-17-13(19)11-6-5-10(15)7-12(11)16/h5-7,18H,3-4,8-9H2,1-2H3,(H,17,19). The molecule has 0 radical (unpaired) electrons. The van der Waals surface area contributed by atoms with Gasteiger partial charge in [-0.25, -0.2) is 8.78 Å². The average molecular weight is 271 g/mol. The van der Waals surface area contributed by atoms with Crippen molar-refractivity contribution in [3.05, 3.63) is 35.4 Å². The second-order valence-corrected chi connectivity index (χ2v) is 4.67. The molecule has 3 nitrogen and oxygen atoms in total. The Labute approximate surface area is 111 Å². The highest BCUT2D eigenvalue weighted by Crippen LogP contribution is 2.24. The fraction of sp³-hybridized carbons (Fsp3) is 0.500. The Kier molecular flexibility index (Phi) is 5.42. The van der Waals surface area contributed by atoms with Gasteiger partial charge in [0, 0.05) is 18.0 Å². The van der Waals surface area contributed by atoms with Crippen LogP contribution in [0.4, 0.5) is 8.78 Å². The minimum Gasteiger partial charge on any atom is -0.396 e. The Morgan fingerprint density at radius 3 is 2.42 bits per heavy atom. The van der Waals surface area contributed by atoms with Gasteiger partial charge in [0.05, 0.1) is 12.2 Å². The number of rotatable bonds is 6. The minimum absolute atomic E-state index is 0.0494. The van der Waals surface area contributed by atoms with E-state index in [-0.39, 0.29) is 18.7 Å². The van der Waals surface area contributed by atoms with Gasteiger partial charge in [-0.2, -0.15) is 0 Å². The van der Waals surface area contributed by atoms with Crippen molar-refractivity contribution in [1.82, 2.24) is 5.32 Å². The lowest BCUT2D eigenvalue weighted by Crippen LogP contribution is -2.39. The summed E-state index contributed by atoms with van der Waals surface area (Å²) in [5.41, 5.74) is -0.591. The van der Waals surface area contributed by atoms with Gasteiger partial charge < -0.3 is 10.4 Å². The van der Waals surface area contributed by atoms with Crippen molar-refractivity contribution < 1.29 is 18.7 Å². The topological polar surface area (TPSA) is 49.3 Å². The molecule has 0 saturated heterocycles. The highest BCUT2D eigenvalue weighted by atomic mass is 19.1. The van der Waals surface area contributed by atoms with E-state index in [9.17, 15) is 18.7 Å². The van der Waals surface area contributed by atoms with Crippen molar-refractivity contribution in [2.75, 3.05) is 13.2 Å². The lowest BCUT2D eigenvalue weighted by atomic mass is 9.83. The molecular weight excluding hydrogens is 252 g/mol. The molecule has 0 heterocycles. The van der Waals surface area contributed by atoms with Crippen LogP contribution in [0, 0.1) is 17.0 Å². The molecule has 0 aliphatic rings. The molecule has 0 bridgehead atoms. The SMILES string of the molecule is CCC(CC)(CO)CNC(=O)c1ccc(F)cc1F. The van der Waals surface area contributed by atoms with Crippen LogP contribution in [0.5, 0.6) is 0 Å². The zero-order valence-corrected chi connectivity index (χ0v) is 11.2. The number of hydrogen-bond acceptors (Lipinski definition) is 2. The number of hydrogen-bond donors (Lipinski definition) is 2. The van der Waals surface area contributed by atoms with Crippen molar-refractivity contribution in [3.63, 3.8) is 0 Å². The highest BCUT2D eigenvalue weighted by molar-refractivity contribution is 5.94. The van der Waals surface area contributed by atoms with E-state index in [0.29, 0.717) is 18.9 Å². The largest absolute Gasteiger partial charge is 0.396 e. The first kappa shape index (κ1) is 15.6. The van der Waals surface area contributed by atoms with E-state index in [1.807, 2.05) is 13.8 Å². The van der Waals surface area contributed by atoms with Gasteiger partial charge >= 0.3 is 0 Å². The Morgan fingerprint density at radius 2 is 1.95 bits per heavy atom. The molecule has 0 aliphatic carbocycles. The van der Waals surface area contributed by atoms with Crippen molar-refractivity contribution in [3.8, 4) is 0 Å². The third-order valence-corrected chi connectivity index (χ3v) is 3.64. The number of carbonyl (C=O) groups excluding carboxylic acids is 1. The maximum atomic E-state index is 13.4. The predicted octanol–water partition coefficient (Wildman–Crippen LogP) is 2.49. The van der Waals surface area contributed by atoms with Gasteiger partial charge in [0.25, 0.3) is 5.91 Å². The van der Waals surface area contributed by atoms with Gasteiger partial charge in [-0.1, -0.05) is 13.8 Å². The summed E-state index contributed by atoms with van der Waals surface area (Å²) in [6, 6.07) is 2.82. The molecule has 0 fully saturated rings.